The number of hydrogen-bond donors (Lipinski definition) is 2. The summed E-state index contributed by atoms with van der Waals surface area (Å²) in [5.74, 6) is 1.43. The quantitative estimate of drug-likeness (QED) is 0.409. The first-order valence-electron chi connectivity index (χ1n) is 8.65. The van der Waals surface area contributed by atoms with Crippen molar-refractivity contribution < 1.29 is 0 Å². The van der Waals surface area contributed by atoms with E-state index in [2.05, 4.69) is 66.0 Å². The fraction of sp³-hybridized carbons (Fsp3) is 0.632. The van der Waals surface area contributed by atoms with Crippen molar-refractivity contribution in [1.82, 2.24) is 0 Å². The Balaban J connectivity index is 1.58. The zero-order valence-corrected chi connectivity index (χ0v) is 16.2. The highest BCUT2D eigenvalue weighted by Gasteiger charge is 2.60. The number of nitrogens with zero attached hydrogens (tertiary/aromatic N) is 1. The predicted octanol–water partition coefficient (Wildman–Crippen LogP) is 4.77. The predicted molar refractivity (Wildman–Crippen MR) is 105 cm³/mol. The standard InChI is InChI=1S/C19H26IN3/c1-17-7-13-8-18(2,10-17)12-19(9-13,11-17)23-16(21)22-15-5-3-14(20)4-6-15/h3-6,13H,7-12H2,1-2H3,(H3,21,22,23). The van der Waals surface area contributed by atoms with Crippen molar-refractivity contribution in [2.75, 3.05) is 5.32 Å². The Hall–Kier alpha value is -0.780. The molecule has 0 spiro atoms. The molecule has 0 heterocycles. The molecule has 4 fully saturated rings. The summed E-state index contributed by atoms with van der Waals surface area (Å²) in [5.41, 5.74) is 8.33. The van der Waals surface area contributed by atoms with E-state index in [0.717, 1.165) is 11.6 Å². The van der Waals surface area contributed by atoms with Gasteiger partial charge >= 0.3 is 0 Å². The smallest absolute Gasteiger partial charge is 0.193 e. The maximum absolute atomic E-state index is 6.29. The summed E-state index contributed by atoms with van der Waals surface area (Å²) in [6, 6.07) is 8.30. The molecule has 4 aliphatic rings. The second kappa shape index (κ2) is 5.11. The molecule has 1 aromatic carbocycles. The number of hydrogen-bond acceptors (Lipinski definition) is 1. The number of halogens is 1. The van der Waals surface area contributed by atoms with Crippen LogP contribution in [0.15, 0.2) is 29.3 Å². The Kier molecular flexibility index (Phi) is 3.49. The third-order valence-electron chi connectivity index (χ3n) is 6.07. The summed E-state index contributed by atoms with van der Waals surface area (Å²) >= 11 is 2.31. The number of anilines is 1. The summed E-state index contributed by atoms with van der Waals surface area (Å²) in [7, 11) is 0. The Morgan fingerprint density at radius 1 is 1.09 bits per heavy atom. The lowest BCUT2D eigenvalue weighted by molar-refractivity contribution is -0.104. The van der Waals surface area contributed by atoms with E-state index in [0.29, 0.717) is 16.8 Å². The molecular weight excluding hydrogens is 397 g/mol. The van der Waals surface area contributed by atoms with Gasteiger partial charge in [0.1, 0.15) is 0 Å². The van der Waals surface area contributed by atoms with Crippen molar-refractivity contribution in [3.05, 3.63) is 27.8 Å². The van der Waals surface area contributed by atoms with Gasteiger partial charge in [-0.1, -0.05) is 13.8 Å². The van der Waals surface area contributed by atoms with E-state index in [9.17, 15) is 0 Å². The molecular formula is C19H26IN3. The number of nitrogens with one attached hydrogen (secondary N) is 1. The van der Waals surface area contributed by atoms with Crippen LogP contribution in [0.3, 0.4) is 0 Å². The topological polar surface area (TPSA) is 50.4 Å². The third kappa shape index (κ3) is 2.99. The normalized spacial score (nSPS) is 42.0. The van der Waals surface area contributed by atoms with Crippen molar-refractivity contribution in [2.24, 2.45) is 27.5 Å². The average Bonchev–Trinajstić information content (AvgIpc) is 2.36. The Morgan fingerprint density at radius 3 is 2.26 bits per heavy atom. The molecule has 0 aliphatic heterocycles. The van der Waals surface area contributed by atoms with E-state index in [4.69, 9.17) is 10.7 Å². The van der Waals surface area contributed by atoms with Gasteiger partial charge in [0.05, 0.1) is 5.54 Å². The lowest BCUT2D eigenvalue weighted by Gasteiger charge is -2.64. The van der Waals surface area contributed by atoms with Gasteiger partial charge in [-0.3, -0.25) is 0 Å². The van der Waals surface area contributed by atoms with E-state index in [1.807, 2.05) is 0 Å². The lowest BCUT2D eigenvalue weighted by Crippen LogP contribution is -2.58. The van der Waals surface area contributed by atoms with Crippen LogP contribution in [0.4, 0.5) is 5.69 Å². The molecule has 3 N–H and O–H groups in total. The van der Waals surface area contributed by atoms with Crippen molar-refractivity contribution in [2.45, 2.75) is 57.9 Å². The van der Waals surface area contributed by atoms with E-state index in [-0.39, 0.29) is 5.54 Å². The highest BCUT2D eigenvalue weighted by atomic mass is 127. The molecule has 1 aromatic rings. The summed E-state index contributed by atoms with van der Waals surface area (Å²) < 4.78 is 1.23. The third-order valence-corrected chi connectivity index (χ3v) is 6.79. The fourth-order valence-corrected chi connectivity index (χ4v) is 6.84. The van der Waals surface area contributed by atoms with Crippen LogP contribution in [-0.4, -0.2) is 11.5 Å². The van der Waals surface area contributed by atoms with Crippen LogP contribution in [0.2, 0.25) is 0 Å². The number of nitrogens with two attached hydrogens (primary N) is 1. The van der Waals surface area contributed by atoms with Gasteiger partial charge in [-0.05, 0) is 102 Å². The van der Waals surface area contributed by atoms with Crippen LogP contribution in [0.1, 0.15) is 52.4 Å². The molecule has 23 heavy (non-hydrogen) atoms. The Morgan fingerprint density at radius 2 is 1.70 bits per heavy atom. The van der Waals surface area contributed by atoms with Gasteiger partial charge in [0.2, 0.25) is 0 Å². The van der Waals surface area contributed by atoms with E-state index in [1.165, 1.54) is 42.1 Å². The van der Waals surface area contributed by atoms with Gasteiger partial charge in [-0.15, -0.1) is 0 Å². The molecule has 124 valence electrons. The van der Waals surface area contributed by atoms with Crippen LogP contribution in [0.25, 0.3) is 0 Å². The summed E-state index contributed by atoms with van der Waals surface area (Å²) in [6.07, 6.45) is 7.81. The summed E-state index contributed by atoms with van der Waals surface area (Å²) in [6.45, 7) is 4.95. The van der Waals surface area contributed by atoms with Crippen molar-refractivity contribution >= 4 is 34.2 Å². The van der Waals surface area contributed by atoms with Crippen molar-refractivity contribution in [3.63, 3.8) is 0 Å². The van der Waals surface area contributed by atoms with Crippen LogP contribution in [0.5, 0.6) is 0 Å². The summed E-state index contributed by atoms with van der Waals surface area (Å²) in [4.78, 5) is 5.06. The second-order valence-corrected chi connectivity index (χ2v) is 10.2. The largest absolute Gasteiger partial charge is 0.370 e. The molecule has 0 radical (unpaired) electrons. The van der Waals surface area contributed by atoms with E-state index < -0.39 is 0 Å². The monoisotopic (exact) mass is 423 g/mol. The first-order valence-corrected chi connectivity index (χ1v) is 9.73. The van der Waals surface area contributed by atoms with Gasteiger partial charge in [-0.25, -0.2) is 4.99 Å². The second-order valence-electron chi connectivity index (χ2n) is 8.98. The minimum absolute atomic E-state index is 0.0726. The zero-order valence-electron chi connectivity index (χ0n) is 14.0. The number of benzene rings is 1. The van der Waals surface area contributed by atoms with E-state index in [1.54, 1.807) is 0 Å². The maximum atomic E-state index is 6.29. The number of rotatable bonds is 2. The molecule has 0 aromatic heterocycles. The summed E-state index contributed by atoms with van der Waals surface area (Å²) in [5, 5.41) is 3.29. The highest BCUT2D eigenvalue weighted by Crippen LogP contribution is 2.67. The van der Waals surface area contributed by atoms with Crippen molar-refractivity contribution in [1.29, 1.82) is 0 Å². The number of aliphatic imine (C=N–C) groups is 1. The molecule has 5 rings (SSSR count). The van der Waals surface area contributed by atoms with Crippen LogP contribution in [-0.2, 0) is 0 Å². The lowest BCUT2D eigenvalue weighted by atomic mass is 9.43. The first kappa shape index (κ1) is 15.7. The first-order chi connectivity index (χ1) is 10.8. The highest BCUT2D eigenvalue weighted by molar-refractivity contribution is 14.1. The molecule has 0 amide bonds. The minimum Gasteiger partial charge on any atom is -0.370 e. The van der Waals surface area contributed by atoms with Crippen LogP contribution < -0.4 is 11.1 Å². The molecule has 4 heteroatoms. The number of guanidine groups is 1. The minimum atomic E-state index is 0.0726. The van der Waals surface area contributed by atoms with Gasteiger partial charge in [0.25, 0.3) is 0 Å². The maximum Gasteiger partial charge on any atom is 0.193 e. The fourth-order valence-electron chi connectivity index (χ4n) is 6.48. The average molecular weight is 423 g/mol. The van der Waals surface area contributed by atoms with Gasteiger partial charge in [-0.2, -0.15) is 0 Å². The molecule has 4 saturated carbocycles. The Bertz CT molecular complexity index is 633. The van der Waals surface area contributed by atoms with Gasteiger partial charge in [0, 0.05) is 9.26 Å². The Labute approximate surface area is 152 Å². The zero-order chi connectivity index (χ0) is 16.3. The molecule has 3 nitrogen and oxygen atoms in total. The molecule has 2 atom stereocenters. The van der Waals surface area contributed by atoms with Gasteiger partial charge < -0.3 is 11.1 Å². The van der Waals surface area contributed by atoms with Crippen molar-refractivity contribution in [3.8, 4) is 0 Å². The van der Waals surface area contributed by atoms with E-state index >= 15 is 0 Å². The molecule has 2 unspecified atom stereocenters. The SMILES string of the molecule is CC12CC3CC(C)(C1)CC(N=C(N)Nc1ccc(I)cc1)(C3)C2. The van der Waals surface area contributed by atoms with Crippen LogP contribution >= 0.6 is 22.6 Å². The van der Waals surface area contributed by atoms with Crippen LogP contribution in [0, 0.1) is 20.3 Å². The molecule has 4 aliphatic carbocycles. The van der Waals surface area contributed by atoms with Gasteiger partial charge in [0.15, 0.2) is 5.96 Å². The molecule has 0 saturated heterocycles. The molecule has 4 bridgehead atoms.